The fraction of sp³-hybridized carbons (Fsp3) is 0.480. The molecule has 2 aromatic rings. The van der Waals surface area contributed by atoms with E-state index in [9.17, 15) is 13.2 Å². The van der Waals surface area contributed by atoms with Crippen LogP contribution in [-0.4, -0.2) is 32.2 Å². The fourth-order valence-electron chi connectivity index (χ4n) is 6.63. The second kappa shape index (κ2) is 7.75. The number of nitrogens with one attached hydrogen (secondary N) is 1. The van der Waals surface area contributed by atoms with E-state index >= 15 is 0 Å². The molecule has 4 bridgehead atoms. The van der Waals surface area contributed by atoms with E-state index < -0.39 is 10.0 Å². The standard InChI is InChI=1S/C25H30N2O3S/c1-27(31(29,30)23-5-3-2-4-6-23)17-24(28)26-22-9-7-21(8-10-22)25-14-18-11-19(15-25)13-20(12-18)16-25/h2-10,18-20H,11-17H2,1H3,(H,26,28). The molecule has 4 saturated carbocycles. The van der Waals surface area contributed by atoms with Crippen molar-refractivity contribution in [1.82, 2.24) is 4.31 Å². The van der Waals surface area contributed by atoms with E-state index in [1.165, 1.54) is 63.3 Å². The number of nitrogens with zero attached hydrogens (tertiary/aromatic N) is 1. The molecule has 2 aromatic carbocycles. The molecule has 0 spiro atoms. The summed E-state index contributed by atoms with van der Waals surface area (Å²) in [5, 5.41) is 2.85. The summed E-state index contributed by atoms with van der Waals surface area (Å²) in [4.78, 5) is 12.7. The summed E-state index contributed by atoms with van der Waals surface area (Å²) in [6.45, 7) is -0.228. The number of carbonyl (C=O) groups is 1. The van der Waals surface area contributed by atoms with Gasteiger partial charge in [0.2, 0.25) is 15.9 Å². The van der Waals surface area contributed by atoms with Gasteiger partial charge in [0.05, 0.1) is 11.4 Å². The zero-order valence-electron chi connectivity index (χ0n) is 18.0. The van der Waals surface area contributed by atoms with Crippen LogP contribution < -0.4 is 5.32 Å². The summed E-state index contributed by atoms with van der Waals surface area (Å²) < 4.78 is 26.3. The Hall–Kier alpha value is -2.18. The summed E-state index contributed by atoms with van der Waals surface area (Å²) in [7, 11) is -2.26. The van der Waals surface area contributed by atoms with Crippen molar-refractivity contribution in [3.63, 3.8) is 0 Å². The molecule has 0 aliphatic heterocycles. The van der Waals surface area contributed by atoms with Crippen molar-refractivity contribution >= 4 is 21.6 Å². The highest BCUT2D eigenvalue weighted by atomic mass is 32.2. The van der Waals surface area contributed by atoms with E-state index in [-0.39, 0.29) is 17.3 Å². The van der Waals surface area contributed by atoms with Gasteiger partial charge in [-0.25, -0.2) is 8.42 Å². The monoisotopic (exact) mass is 438 g/mol. The molecule has 6 rings (SSSR count). The molecule has 0 radical (unpaired) electrons. The Morgan fingerprint density at radius 1 is 0.935 bits per heavy atom. The first-order valence-electron chi connectivity index (χ1n) is 11.3. The van der Waals surface area contributed by atoms with Gasteiger partial charge < -0.3 is 5.32 Å². The lowest BCUT2D eigenvalue weighted by Crippen LogP contribution is -2.48. The SMILES string of the molecule is CN(CC(=O)Nc1ccc(C23CC4CC(CC(C4)C2)C3)cc1)S(=O)(=O)c1ccccc1. The van der Waals surface area contributed by atoms with Gasteiger partial charge in [0, 0.05) is 12.7 Å². The highest BCUT2D eigenvalue weighted by molar-refractivity contribution is 7.89. The quantitative estimate of drug-likeness (QED) is 0.726. The van der Waals surface area contributed by atoms with Crippen molar-refractivity contribution in [3.8, 4) is 0 Å². The highest BCUT2D eigenvalue weighted by Crippen LogP contribution is 2.60. The number of hydrogen-bond donors (Lipinski definition) is 1. The number of sulfonamides is 1. The number of likely N-dealkylation sites (N-methyl/N-ethyl adjacent to an activating group) is 1. The van der Waals surface area contributed by atoms with Crippen LogP contribution in [-0.2, 0) is 20.2 Å². The van der Waals surface area contributed by atoms with Gasteiger partial charge in [-0.15, -0.1) is 0 Å². The molecule has 4 aliphatic rings. The molecule has 0 unspecified atom stereocenters. The zero-order valence-corrected chi connectivity index (χ0v) is 18.8. The average Bonchev–Trinajstić information content (AvgIpc) is 2.73. The lowest BCUT2D eigenvalue weighted by Gasteiger charge is -2.57. The number of hydrogen-bond acceptors (Lipinski definition) is 3. The van der Waals surface area contributed by atoms with Crippen LogP contribution >= 0.6 is 0 Å². The van der Waals surface area contributed by atoms with E-state index in [1.807, 2.05) is 12.1 Å². The Morgan fingerprint density at radius 3 is 2.03 bits per heavy atom. The topological polar surface area (TPSA) is 66.5 Å². The predicted molar refractivity (Wildman–Crippen MR) is 121 cm³/mol. The van der Waals surface area contributed by atoms with Crippen LogP contribution in [0.3, 0.4) is 0 Å². The molecule has 6 heteroatoms. The molecule has 0 atom stereocenters. The maximum Gasteiger partial charge on any atom is 0.243 e. The summed E-state index contributed by atoms with van der Waals surface area (Å²) in [6.07, 6.45) is 8.21. The van der Waals surface area contributed by atoms with E-state index in [0.29, 0.717) is 11.1 Å². The summed E-state index contributed by atoms with van der Waals surface area (Å²) >= 11 is 0. The molecule has 4 fully saturated rings. The second-order valence-electron chi connectivity index (χ2n) is 9.90. The first-order chi connectivity index (χ1) is 14.8. The van der Waals surface area contributed by atoms with Gasteiger partial charge in [-0.1, -0.05) is 30.3 Å². The summed E-state index contributed by atoms with van der Waals surface area (Å²) in [6, 6.07) is 16.5. The molecule has 31 heavy (non-hydrogen) atoms. The Labute approximate surface area is 184 Å². The molecule has 0 saturated heterocycles. The van der Waals surface area contributed by atoms with E-state index in [4.69, 9.17) is 0 Å². The van der Waals surface area contributed by atoms with Crippen molar-refractivity contribution < 1.29 is 13.2 Å². The number of anilines is 1. The van der Waals surface area contributed by atoms with E-state index in [2.05, 4.69) is 17.4 Å². The molecule has 1 N–H and O–H groups in total. The minimum atomic E-state index is -3.69. The molecular weight excluding hydrogens is 408 g/mol. The maximum atomic E-state index is 12.6. The van der Waals surface area contributed by atoms with Gasteiger partial charge in [-0.2, -0.15) is 4.31 Å². The van der Waals surface area contributed by atoms with Crippen LogP contribution in [0, 0.1) is 17.8 Å². The number of carbonyl (C=O) groups excluding carboxylic acids is 1. The number of benzene rings is 2. The molecular formula is C25H30N2O3S. The van der Waals surface area contributed by atoms with Crippen LogP contribution in [0.2, 0.25) is 0 Å². The van der Waals surface area contributed by atoms with E-state index in [1.54, 1.807) is 18.2 Å². The van der Waals surface area contributed by atoms with Crippen molar-refractivity contribution in [2.24, 2.45) is 17.8 Å². The van der Waals surface area contributed by atoms with Crippen LogP contribution in [0.25, 0.3) is 0 Å². The molecule has 1 amide bonds. The smallest absolute Gasteiger partial charge is 0.243 e. The van der Waals surface area contributed by atoms with Crippen LogP contribution in [0.15, 0.2) is 59.5 Å². The molecule has 0 aromatic heterocycles. The van der Waals surface area contributed by atoms with Gasteiger partial charge in [0.25, 0.3) is 0 Å². The molecule has 164 valence electrons. The summed E-state index contributed by atoms with van der Waals surface area (Å²) in [5.74, 6) is 2.35. The van der Waals surface area contributed by atoms with Gasteiger partial charge in [0.1, 0.15) is 0 Å². The normalized spacial score (nSPS) is 29.3. The van der Waals surface area contributed by atoms with Gasteiger partial charge in [-0.3, -0.25) is 4.79 Å². The zero-order chi connectivity index (χ0) is 21.6. The maximum absolute atomic E-state index is 12.6. The van der Waals surface area contributed by atoms with Crippen LogP contribution in [0.4, 0.5) is 5.69 Å². The Balaban J connectivity index is 1.24. The molecule has 0 heterocycles. The minimum absolute atomic E-state index is 0.185. The predicted octanol–water partition coefficient (Wildman–Crippen LogP) is 4.41. The van der Waals surface area contributed by atoms with Gasteiger partial charge in [-0.05, 0) is 91.5 Å². The largest absolute Gasteiger partial charge is 0.325 e. The third kappa shape index (κ3) is 3.92. The Kier molecular flexibility index (Phi) is 5.18. The Bertz CT molecular complexity index is 1030. The lowest BCUT2D eigenvalue weighted by atomic mass is 9.48. The lowest BCUT2D eigenvalue weighted by molar-refractivity contribution is -0.116. The van der Waals surface area contributed by atoms with Gasteiger partial charge >= 0.3 is 0 Å². The van der Waals surface area contributed by atoms with Crippen LogP contribution in [0.1, 0.15) is 44.1 Å². The fourth-order valence-corrected chi connectivity index (χ4v) is 7.78. The second-order valence-corrected chi connectivity index (χ2v) is 11.9. The van der Waals surface area contributed by atoms with Crippen LogP contribution in [0.5, 0.6) is 0 Å². The molecule has 5 nitrogen and oxygen atoms in total. The van der Waals surface area contributed by atoms with Crippen molar-refractivity contribution in [3.05, 3.63) is 60.2 Å². The summed E-state index contributed by atoms with van der Waals surface area (Å²) in [5.41, 5.74) is 2.46. The average molecular weight is 439 g/mol. The first kappa shape index (κ1) is 20.7. The van der Waals surface area contributed by atoms with Gasteiger partial charge in [0.15, 0.2) is 0 Å². The number of rotatable bonds is 6. The first-order valence-corrected chi connectivity index (χ1v) is 12.7. The van der Waals surface area contributed by atoms with Crippen molar-refractivity contribution in [2.45, 2.75) is 48.8 Å². The van der Waals surface area contributed by atoms with Crippen molar-refractivity contribution in [2.75, 3.05) is 18.9 Å². The van der Waals surface area contributed by atoms with E-state index in [0.717, 1.165) is 22.1 Å². The third-order valence-electron chi connectivity index (χ3n) is 7.64. The van der Waals surface area contributed by atoms with Crippen molar-refractivity contribution in [1.29, 1.82) is 0 Å². The third-order valence-corrected chi connectivity index (χ3v) is 9.45. The Morgan fingerprint density at radius 2 is 1.48 bits per heavy atom. The highest BCUT2D eigenvalue weighted by Gasteiger charge is 2.51. The molecule has 4 aliphatic carbocycles. The number of amides is 1. The minimum Gasteiger partial charge on any atom is -0.325 e.